The molecule has 0 aromatic heterocycles. The lowest BCUT2D eigenvalue weighted by atomic mass is 10.0. The van der Waals surface area contributed by atoms with Crippen LogP contribution in [0.25, 0.3) is 0 Å². The zero-order valence-electron chi connectivity index (χ0n) is 12.4. The lowest BCUT2D eigenvalue weighted by molar-refractivity contribution is -0.139. The Kier molecular flexibility index (Phi) is 5.05. The first-order valence-corrected chi connectivity index (χ1v) is 6.98. The third kappa shape index (κ3) is 4.10. The highest BCUT2D eigenvalue weighted by atomic mass is 19.4. The van der Waals surface area contributed by atoms with Gasteiger partial charge in [0.05, 0.1) is 11.7 Å². The summed E-state index contributed by atoms with van der Waals surface area (Å²) in [5.74, 6) is -0.438. The van der Waals surface area contributed by atoms with E-state index in [0.29, 0.717) is 5.56 Å². The van der Waals surface area contributed by atoms with Crippen LogP contribution in [0, 0.1) is 6.92 Å². The van der Waals surface area contributed by atoms with Gasteiger partial charge in [0, 0.05) is 12.1 Å². The summed E-state index contributed by atoms with van der Waals surface area (Å²) in [5, 5.41) is 12.5. The van der Waals surface area contributed by atoms with Crippen LogP contribution >= 0.6 is 0 Å². The van der Waals surface area contributed by atoms with Gasteiger partial charge in [-0.25, -0.2) is 0 Å². The standard InChI is InChI=1S/C17H16F3NO2/c1-11-6-2-3-7-12(11)16(23)21-10-15(22)13-8-4-5-9-14(13)17(18,19)20/h2-9,15,22H,10H2,1H3,(H,21,23)/t15-/m1/s1. The lowest BCUT2D eigenvalue weighted by Crippen LogP contribution is -2.29. The highest BCUT2D eigenvalue weighted by Crippen LogP contribution is 2.34. The van der Waals surface area contributed by atoms with Crippen molar-refractivity contribution < 1.29 is 23.1 Å². The molecule has 0 fully saturated rings. The van der Waals surface area contributed by atoms with Gasteiger partial charge >= 0.3 is 6.18 Å². The molecule has 0 aliphatic rings. The number of aliphatic hydroxyl groups excluding tert-OH is 1. The van der Waals surface area contributed by atoms with E-state index in [2.05, 4.69) is 5.32 Å². The largest absolute Gasteiger partial charge is 0.416 e. The van der Waals surface area contributed by atoms with E-state index in [1.54, 1.807) is 31.2 Å². The Balaban J connectivity index is 2.11. The monoisotopic (exact) mass is 323 g/mol. The average molecular weight is 323 g/mol. The molecule has 122 valence electrons. The maximum absolute atomic E-state index is 12.9. The van der Waals surface area contributed by atoms with Crippen LogP contribution in [0.5, 0.6) is 0 Å². The number of alkyl halides is 3. The molecule has 0 saturated heterocycles. The second-order valence-corrected chi connectivity index (χ2v) is 5.13. The van der Waals surface area contributed by atoms with Gasteiger partial charge in [0.2, 0.25) is 0 Å². The van der Waals surface area contributed by atoms with E-state index in [-0.39, 0.29) is 12.1 Å². The molecule has 2 aromatic carbocycles. The van der Waals surface area contributed by atoms with Gasteiger partial charge in [-0.05, 0) is 30.2 Å². The summed E-state index contributed by atoms with van der Waals surface area (Å²) in [7, 11) is 0. The van der Waals surface area contributed by atoms with E-state index >= 15 is 0 Å². The van der Waals surface area contributed by atoms with Crippen molar-refractivity contribution in [2.75, 3.05) is 6.54 Å². The number of carbonyl (C=O) groups excluding carboxylic acids is 1. The third-order valence-corrected chi connectivity index (χ3v) is 3.47. The smallest absolute Gasteiger partial charge is 0.387 e. The molecule has 0 heterocycles. The molecule has 23 heavy (non-hydrogen) atoms. The first kappa shape index (κ1) is 17.0. The van der Waals surface area contributed by atoms with Crippen molar-refractivity contribution in [3.05, 3.63) is 70.8 Å². The van der Waals surface area contributed by atoms with Crippen LogP contribution < -0.4 is 5.32 Å². The fraction of sp³-hybridized carbons (Fsp3) is 0.235. The van der Waals surface area contributed by atoms with Crippen molar-refractivity contribution in [1.82, 2.24) is 5.32 Å². The maximum atomic E-state index is 12.9. The highest BCUT2D eigenvalue weighted by molar-refractivity contribution is 5.95. The number of amides is 1. The number of nitrogens with one attached hydrogen (secondary N) is 1. The van der Waals surface area contributed by atoms with E-state index in [4.69, 9.17) is 0 Å². The van der Waals surface area contributed by atoms with Crippen molar-refractivity contribution in [2.24, 2.45) is 0 Å². The van der Waals surface area contributed by atoms with Crippen LogP contribution in [-0.2, 0) is 6.18 Å². The second-order valence-electron chi connectivity index (χ2n) is 5.13. The number of rotatable bonds is 4. The number of aliphatic hydroxyl groups is 1. The van der Waals surface area contributed by atoms with E-state index in [1.165, 1.54) is 18.2 Å². The minimum absolute atomic E-state index is 0.259. The zero-order chi connectivity index (χ0) is 17.0. The van der Waals surface area contributed by atoms with Crippen LogP contribution in [0.1, 0.15) is 33.2 Å². The van der Waals surface area contributed by atoms with E-state index in [0.717, 1.165) is 11.6 Å². The Labute approximate surface area is 131 Å². The normalized spacial score (nSPS) is 12.7. The van der Waals surface area contributed by atoms with Crippen LogP contribution in [-0.4, -0.2) is 17.6 Å². The number of hydrogen-bond donors (Lipinski definition) is 2. The molecule has 0 unspecified atom stereocenters. The van der Waals surface area contributed by atoms with Gasteiger partial charge < -0.3 is 10.4 Å². The topological polar surface area (TPSA) is 49.3 Å². The average Bonchev–Trinajstić information content (AvgIpc) is 2.52. The molecule has 2 N–H and O–H groups in total. The Morgan fingerprint density at radius 3 is 2.39 bits per heavy atom. The highest BCUT2D eigenvalue weighted by Gasteiger charge is 2.34. The molecule has 0 aliphatic heterocycles. The van der Waals surface area contributed by atoms with Crippen LogP contribution in [0.15, 0.2) is 48.5 Å². The molecule has 0 bridgehead atoms. The van der Waals surface area contributed by atoms with Gasteiger partial charge in [0.25, 0.3) is 5.91 Å². The molecule has 2 rings (SSSR count). The lowest BCUT2D eigenvalue weighted by Gasteiger charge is -2.18. The molecule has 1 atom stereocenters. The molecule has 0 aliphatic carbocycles. The maximum Gasteiger partial charge on any atom is 0.416 e. The van der Waals surface area contributed by atoms with E-state index in [9.17, 15) is 23.1 Å². The summed E-state index contributed by atoms with van der Waals surface area (Å²) in [6, 6.07) is 11.6. The molecule has 6 heteroatoms. The van der Waals surface area contributed by atoms with Crippen molar-refractivity contribution >= 4 is 5.91 Å². The first-order chi connectivity index (χ1) is 10.8. The minimum atomic E-state index is -4.56. The quantitative estimate of drug-likeness (QED) is 0.905. The summed E-state index contributed by atoms with van der Waals surface area (Å²) in [6.45, 7) is 1.45. The van der Waals surface area contributed by atoms with Crippen LogP contribution in [0.2, 0.25) is 0 Å². The summed E-state index contributed by atoms with van der Waals surface area (Å²) in [5.41, 5.74) is 0.00159. The van der Waals surface area contributed by atoms with Gasteiger partial charge in [0.15, 0.2) is 0 Å². The molecule has 0 radical (unpaired) electrons. The Hall–Kier alpha value is -2.34. The molecule has 2 aromatic rings. The summed E-state index contributed by atoms with van der Waals surface area (Å²) in [6.07, 6.45) is -6.00. The molecule has 3 nitrogen and oxygen atoms in total. The summed E-state index contributed by atoms with van der Waals surface area (Å²) < 4.78 is 38.8. The molecular weight excluding hydrogens is 307 g/mol. The van der Waals surface area contributed by atoms with Crippen LogP contribution in [0.3, 0.4) is 0 Å². The summed E-state index contributed by atoms with van der Waals surface area (Å²) in [4.78, 5) is 12.0. The van der Waals surface area contributed by atoms with Crippen molar-refractivity contribution in [3.8, 4) is 0 Å². The predicted molar refractivity (Wildman–Crippen MR) is 79.9 cm³/mol. The first-order valence-electron chi connectivity index (χ1n) is 6.98. The third-order valence-electron chi connectivity index (χ3n) is 3.47. The Bertz CT molecular complexity index is 698. The van der Waals surface area contributed by atoms with E-state index < -0.39 is 23.8 Å². The second kappa shape index (κ2) is 6.83. The zero-order valence-corrected chi connectivity index (χ0v) is 12.4. The molecule has 1 amide bonds. The van der Waals surface area contributed by atoms with Crippen molar-refractivity contribution in [2.45, 2.75) is 19.2 Å². The number of carbonyl (C=O) groups is 1. The van der Waals surface area contributed by atoms with Gasteiger partial charge in [-0.3, -0.25) is 4.79 Å². The van der Waals surface area contributed by atoms with Gasteiger partial charge in [0.1, 0.15) is 0 Å². The minimum Gasteiger partial charge on any atom is -0.387 e. The molecule has 0 saturated carbocycles. The molecule has 0 spiro atoms. The number of halogens is 3. The Morgan fingerprint density at radius 1 is 1.13 bits per heavy atom. The van der Waals surface area contributed by atoms with Crippen molar-refractivity contribution in [1.29, 1.82) is 0 Å². The predicted octanol–water partition coefficient (Wildman–Crippen LogP) is 3.48. The number of aryl methyl sites for hydroxylation is 1. The van der Waals surface area contributed by atoms with E-state index in [1.807, 2.05) is 0 Å². The Morgan fingerprint density at radius 2 is 1.74 bits per heavy atom. The van der Waals surface area contributed by atoms with Gasteiger partial charge in [-0.1, -0.05) is 36.4 Å². The van der Waals surface area contributed by atoms with Gasteiger partial charge in [-0.15, -0.1) is 0 Å². The van der Waals surface area contributed by atoms with Crippen molar-refractivity contribution in [3.63, 3.8) is 0 Å². The molecular formula is C17H16F3NO2. The number of benzene rings is 2. The fourth-order valence-corrected chi connectivity index (χ4v) is 2.27. The van der Waals surface area contributed by atoms with Crippen LogP contribution in [0.4, 0.5) is 13.2 Å². The fourth-order valence-electron chi connectivity index (χ4n) is 2.27. The SMILES string of the molecule is Cc1ccccc1C(=O)NC[C@@H](O)c1ccccc1C(F)(F)F. The summed E-state index contributed by atoms with van der Waals surface area (Å²) >= 11 is 0. The van der Waals surface area contributed by atoms with Gasteiger partial charge in [-0.2, -0.15) is 13.2 Å². The number of hydrogen-bond acceptors (Lipinski definition) is 2.